The molecule has 0 unspecified atom stereocenters. The maximum atomic E-state index is 13.5. The van der Waals surface area contributed by atoms with Gasteiger partial charge in [0.25, 0.3) is 0 Å². The smallest absolute Gasteiger partial charge is 0.186 e. The minimum Gasteiger partial charge on any atom is -0.335 e. The highest BCUT2D eigenvalue weighted by Gasteiger charge is 2.21. The van der Waals surface area contributed by atoms with E-state index in [0.29, 0.717) is 5.69 Å². The lowest BCUT2D eigenvalue weighted by molar-refractivity contribution is 0.447. The Balaban J connectivity index is 2.84. The van der Waals surface area contributed by atoms with Gasteiger partial charge in [-0.2, -0.15) is 0 Å². The van der Waals surface area contributed by atoms with Crippen LogP contribution in [0.5, 0.6) is 0 Å². The number of aromatic nitrogens is 2. The summed E-state index contributed by atoms with van der Waals surface area (Å²) < 4.78 is 53.7. The largest absolute Gasteiger partial charge is 0.335 e. The minimum absolute atomic E-state index is 0.0506. The molecule has 0 saturated heterocycles. The fourth-order valence-corrected chi connectivity index (χ4v) is 1.76. The second-order valence-electron chi connectivity index (χ2n) is 3.43. The Bertz CT molecular complexity index is 618. The van der Waals surface area contributed by atoms with E-state index in [1.54, 1.807) is 6.92 Å². The molecule has 0 bridgehead atoms. The molecule has 1 aromatic heterocycles. The number of rotatable bonds is 1. The summed E-state index contributed by atoms with van der Waals surface area (Å²) >= 11 is 4.79. The van der Waals surface area contributed by atoms with Crippen LogP contribution in [0.4, 0.5) is 17.6 Å². The van der Waals surface area contributed by atoms with E-state index < -0.39 is 29.0 Å². The first-order valence-electron chi connectivity index (χ1n) is 4.53. The molecule has 0 aliphatic rings. The van der Waals surface area contributed by atoms with Gasteiger partial charge in [0.05, 0.1) is 0 Å². The third-order valence-corrected chi connectivity index (χ3v) is 2.47. The van der Waals surface area contributed by atoms with Gasteiger partial charge in [-0.05, 0) is 19.1 Å². The Kier molecular flexibility index (Phi) is 2.78. The zero-order valence-corrected chi connectivity index (χ0v) is 9.34. The highest BCUT2D eigenvalue weighted by molar-refractivity contribution is 7.71. The summed E-state index contributed by atoms with van der Waals surface area (Å²) in [6.45, 7) is 1.60. The molecule has 0 spiro atoms. The number of hydrogen-bond donors (Lipinski definition) is 1. The lowest BCUT2D eigenvalue weighted by atomic mass is 10.2. The van der Waals surface area contributed by atoms with Crippen molar-refractivity contribution in [1.29, 1.82) is 0 Å². The molecule has 1 N–H and O–H groups in total. The number of aromatic amines is 1. The molecule has 0 fully saturated rings. The van der Waals surface area contributed by atoms with Gasteiger partial charge in [0, 0.05) is 18.0 Å². The molecule has 90 valence electrons. The molecule has 2 aromatic rings. The molecule has 0 aliphatic heterocycles. The predicted octanol–water partition coefficient (Wildman–Crippen LogP) is 3.40. The van der Waals surface area contributed by atoms with E-state index in [-0.39, 0.29) is 10.8 Å². The van der Waals surface area contributed by atoms with E-state index in [9.17, 15) is 17.6 Å². The zero-order valence-electron chi connectivity index (χ0n) is 8.52. The number of nitrogens with zero attached hydrogens (tertiary/aromatic N) is 1. The van der Waals surface area contributed by atoms with Crippen molar-refractivity contribution in [2.24, 2.45) is 0 Å². The molecule has 0 amide bonds. The first kappa shape index (κ1) is 11.8. The Hall–Kier alpha value is -1.63. The number of nitrogens with one attached hydrogen (secondary N) is 1. The molecule has 2 nitrogen and oxygen atoms in total. The lowest BCUT2D eigenvalue weighted by Gasteiger charge is -2.07. The molecule has 1 aromatic carbocycles. The molecule has 0 radical (unpaired) electrons. The van der Waals surface area contributed by atoms with Gasteiger partial charge in [-0.1, -0.05) is 0 Å². The van der Waals surface area contributed by atoms with Gasteiger partial charge in [0.1, 0.15) is 5.69 Å². The van der Waals surface area contributed by atoms with Crippen molar-refractivity contribution in [3.63, 3.8) is 0 Å². The van der Waals surface area contributed by atoms with Crippen LogP contribution in [0.1, 0.15) is 5.69 Å². The van der Waals surface area contributed by atoms with Gasteiger partial charge < -0.3 is 4.98 Å². The molecule has 1 heterocycles. The molecule has 0 aliphatic carbocycles. The van der Waals surface area contributed by atoms with Crippen molar-refractivity contribution in [3.05, 3.63) is 46.0 Å². The van der Waals surface area contributed by atoms with E-state index in [1.807, 2.05) is 0 Å². The first-order chi connectivity index (χ1) is 7.91. The third kappa shape index (κ3) is 1.86. The van der Waals surface area contributed by atoms with Gasteiger partial charge in [-0.25, -0.2) is 17.6 Å². The van der Waals surface area contributed by atoms with Crippen molar-refractivity contribution < 1.29 is 17.6 Å². The number of hydrogen-bond acceptors (Lipinski definition) is 1. The average molecular weight is 262 g/mol. The topological polar surface area (TPSA) is 20.7 Å². The summed E-state index contributed by atoms with van der Waals surface area (Å²) in [4.78, 5) is 2.60. The van der Waals surface area contributed by atoms with Crippen LogP contribution in [0.3, 0.4) is 0 Å². The van der Waals surface area contributed by atoms with Crippen molar-refractivity contribution in [2.45, 2.75) is 6.92 Å². The number of imidazole rings is 1. The van der Waals surface area contributed by atoms with Crippen LogP contribution in [0.2, 0.25) is 0 Å². The molecule has 0 atom stereocenters. The van der Waals surface area contributed by atoms with Gasteiger partial charge in [-0.15, -0.1) is 0 Å². The summed E-state index contributed by atoms with van der Waals surface area (Å²) in [5.74, 6) is -5.92. The standard InChI is InChI=1S/C10H6F4N2S/c1-4-3-16(10(17)15-4)9-7(13)5(11)2-6(12)8(9)14/h2-3H,1H3,(H,15,17). The first-order valence-corrected chi connectivity index (χ1v) is 4.94. The van der Waals surface area contributed by atoms with Crippen molar-refractivity contribution in [3.8, 4) is 5.69 Å². The SMILES string of the molecule is Cc1cn(-c2c(F)c(F)cc(F)c2F)c(=S)[nH]1. The van der Waals surface area contributed by atoms with E-state index in [2.05, 4.69) is 4.98 Å². The number of benzene rings is 1. The maximum Gasteiger partial charge on any atom is 0.186 e. The van der Waals surface area contributed by atoms with Gasteiger partial charge in [-0.3, -0.25) is 4.57 Å². The molecular weight excluding hydrogens is 256 g/mol. The second kappa shape index (κ2) is 3.99. The molecule has 7 heteroatoms. The van der Waals surface area contributed by atoms with Gasteiger partial charge in [0.2, 0.25) is 0 Å². The van der Waals surface area contributed by atoms with Gasteiger partial charge in [0.15, 0.2) is 28.0 Å². The fourth-order valence-electron chi connectivity index (χ4n) is 1.45. The van der Waals surface area contributed by atoms with Crippen molar-refractivity contribution in [1.82, 2.24) is 9.55 Å². The number of aryl methyl sites for hydroxylation is 1. The van der Waals surface area contributed by atoms with Crippen molar-refractivity contribution >= 4 is 12.2 Å². The zero-order chi connectivity index (χ0) is 12.7. The Labute approximate surface area is 98.5 Å². The van der Waals surface area contributed by atoms with E-state index in [0.717, 1.165) is 4.57 Å². The predicted molar refractivity (Wildman–Crippen MR) is 55.5 cm³/mol. The molecule has 2 rings (SSSR count). The molecule has 17 heavy (non-hydrogen) atoms. The Morgan fingerprint density at radius 2 is 1.65 bits per heavy atom. The monoisotopic (exact) mass is 262 g/mol. The minimum atomic E-state index is -1.49. The summed E-state index contributed by atoms with van der Waals surface area (Å²) in [5, 5.41) is 0. The van der Waals surface area contributed by atoms with Crippen LogP contribution in [0.25, 0.3) is 5.69 Å². The van der Waals surface area contributed by atoms with E-state index in [4.69, 9.17) is 12.2 Å². The highest BCUT2D eigenvalue weighted by Crippen LogP contribution is 2.23. The normalized spacial score (nSPS) is 10.9. The number of halogens is 4. The third-order valence-electron chi connectivity index (χ3n) is 2.18. The number of H-pyrrole nitrogens is 1. The van der Waals surface area contributed by atoms with Crippen LogP contribution in [-0.2, 0) is 0 Å². The van der Waals surface area contributed by atoms with Crippen LogP contribution in [0.15, 0.2) is 12.3 Å². The van der Waals surface area contributed by atoms with Gasteiger partial charge >= 0.3 is 0 Å². The van der Waals surface area contributed by atoms with Crippen LogP contribution < -0.4 is 0 Å². The summed E-state index contributed by atoms with van der Waals surface area (Å²) in [7, 11) is 0. The fraction of sp³-hybridized carbons (Fsp3) is 0.100. The maximum absolute atomic E-state index is 13.5. The Morgan fingerprint density at radius 1 is 1.12 bits per heavy atom. The van der Waals surface area contributed by atoms with E-state index >= 15 is 0 Å². The lowest BCUT2D eigenvalue weighted by Crippen LogP contribution is -2.05. The summed E-state index contributed by atoms with van der Waals surface area (Å²) in [6, 6.07) is 0.150. The molecule has 0 saturated carbocycles. The quantitative estimate of drug-likeness (QED) is 0.474. The Morgan fingerprint density at radius 3 is 2.06 bits per heavy atom. The average Bonchev–Trinajstić information content (AvgIpc) is 2.56. The van der Waals surface area contributed by atoms with Crippen LogP contribution in [0, 0.1) is 35.0 Å². The molecular formula is C10H6F4N2S. The van der Waals surface area contributed by atoms with E-state index in [1.165, 1.54) is 6.20 Å². The highest BCUT2D eigenvalue weighted by atomic mass is 32.1. The summed E-state index contributed by atoms with van der Waals surface area (Å²) in [6.07, 6.45) is 1.25. The van der Waals surface area contributed by atoms with Crippen LogP contribution >= 0.6 is 12.2 Å². The second-order valence-corrected chi connectivity index (χ2v) is 3.82. The van der Waals surface area contributed by atoms with Crippen molar-refractivity contribution in [2.75, 3.05) is 0 Å². The van der Waals surface area contributed by atoms with Crippen LogP contribution in [-0.4, -0.2) is 9.55 Å². The summed E-state index contributed by atoms with van der Waals surface area (Å²) in [5.41, 5.74) is -0.352.